The van der Waals surface area contributed by atoms with Crippen LogP contribution in [0.2, 0.25) is 0 Å². The number of benzene rings is 1. The lowest BCUT2D eigenvalue weighted by Gasteiger charge is -2.15. The Kier molecular flexibility index (Phi) is 6.36. The monoisotopic (exact) mass is 271 g/mol. The smallest absolute Gasteiger partial charge is 0.237 e. The fourth-order valence-electron chi connectivity index (χ4n) is 1.41. The maximum absolute atomic E-state index is 11.2. The number of hydrogen-bond acceptors (Lipinski definition) is 3. The molecule has 0 aliphatic rings. The average Bonchev–Trinajstić information content (AvgIpc) is 2.42. The van der Waals surface area contributed by atoms with Crippen molar-refractivity contribution in [2.75, 3.05) is 33.2 Å². The number of amides is 1. The Hall–Kier alpha value is -1.42. The van der Waals surface area contributed by atoms with Gasteiger partial charge in [-0.25, -0.2) is 0 Å². The Bertz CT molecular complexity index is 384. The van der Waals surface area contributed by atoms with E-state index in [1.54, 1.807) is 19.1 Å². The van der Waals surface area contributed by atoms with Crippen LogP contribution in [0.5, 0.6) is 11.5 Å². The van der Waals surface area contributed by atoms with Crippen molar-refractivity contribution in [3.05, 3.63) is 24.3 Å². The SMILES string of the molecule is COc1cccc(OCCCN(C)C(=O)CCl)c1. The van der Waals surface area contributed by atoms with Crippen LogP contribution in [0.15, 0.2) is 24.3 Å². The third-order valence-electron chi connectivity index (χ3n) is 2.49. The summed E-state index contributed by atoms with van der Waals surface area (Å²) in [5.41, 5.74) is 0. The van der Waals surface area contributed by atoms with Crippen LogP contribution in [-0.4, -0.2) is 44.0 Å². The Morgan fingerprint density at radius 3 is 2.78 bits per heavy atom. The van der Waals surface area contributed by atoms with Gasteiger partial charge in [0.15, 0.2) is 0 Å². The topological polar surface area (TPSA) is 38.8 Å². The van der Waals surface area contributed by atoms with Crippen molar-refractivity contribution in [1.29, 1.82) is 0 Å². The van der Waals surface area contributed by atoms with E-state index in [1.807, 2.05) is 24.3 Å². The van der Waals surface area contributed by atoms with Crippen molar-refractivity contribution in [2.45, 2.75) is 6.42 Å². The minimum Gasteiger partial charge on any atom is -0.497 e. The second kappa shape index (κ2) is 7.82. The van der Waals surface area contributed by atoms with E-state index in [4.69, 9.17) is 21.1 Å². The molecule has 18 heavy (non-hydrogen) atoms. The average molecular weight is 272 g/mol. The number of alkyl halides is 1. The zero-order chi connectivity index (χ0) is 13.4. The van der Waals surface area contributed by atoms with Crippen molar-refractivity contribution >= 4 is 17.5 Å². The van der Waals surface area contributed by atoms with Crippen LogP contribution >= 0.6 is 11.6 Å². The van der Waals surface area contributed by atoms with Crippen LogP contribution in [0, 0.1) is 0 Å². The molecule has 0 spiro atoms. The molecule has 0 unspecified atom stereocenters. The summed E-state index contributed by atoms with van der Waals surface area (Å²) in [5.74, 6) is 1.48. The summed E-state index contributed by atoms with van der Waals surface area (Å²) in [4.78, 5) is 12.8. The molecule has 0 radical (unpaired) electrons. The van der Waals surface area contributed by atoms with E-state index in [0.29, 0.717) is 13.2 Å². The van der Waals surface area contributed by atoms with E-state index in [9.17, 15) is 4.79 Å². The standard InChI is InChI=1S/C13H18ClNO3/c1-15(13(16)10-14)7-4-8-18-12-6-3-5-11(9-12)17-2/h3,5-6,9H,4,7-8,10H2,1-2H3. The number of nitrogens with zero attached hydrogens (tertiary/aromatic N) is 1. The number of hydrogen-bond donors (Lipinski definition) is 0. The molecular weight excluding hydrogens is 254 g/mol. The lowest BCUT2D eigenvalue weighted by atomic mass is 10.3. The number of methoxy groups -OCH3 is 1. The summed E-state index contributed by atoms with van der Waals surface area (Å²) in [5, 5.41) is 0. The third kappa shape index (κ3) is 4.84. The van der Waals surface area contributed by atoms with Crippen molar-refractivity contribution in [3.8, 4) is 11.5 Å². The van der Waals surface area contributed by atoms with Gasteiger partial charge in [-0.05, 0) is 18.6 Å². The molecule has 0 bridgehead atoms. The molecule has 100 valence electrons. The summed E-state index contributed by atoms with van der Waals surface area (Å²) in [6.45, 7) is 1.18. The summed E-state index contributed by atoms with van der Waals surface area (Å²) in [6.07, 6.45) is 0.760. The van der Waals surface area contributed by atoms with Crippen molar-refractivity contribution in [3.63, 3.8) is 0 Å². The zero-order valence-corrected chi connectivity index (χ0v) is 11.4. The van der Waals surface area contributed by atoms with E-state index in [-0.39, 0.29) is 11.8 Å². The number of carbonyl (C=O) groups excluding carboxylic acids is 1. The molecule has 0 atom stereocenters. The largest absolute Gasteiger partial charge is 0.497 e. The lowest BCUT2D eigenvalue weighted by Crippen LogP contribution is -2.29. The first kappa shape index (κ1) is 14.6. The molecule has 0 aromatic heterocycles. The minimum atomic E-state index is -0.0713. The molecule has 0 aliphatic carbocycles. The molecule has 1 rings (SSSR count). The highest BCUT2D eigenvalue weighted by atomic mass is 35.5. The van der Waals surface area contributed by atoms with Gasteiger partial charge < -0.3 is 14.4 Å². The first-order valence-electron chi connectivity index (χ1n) is 5.74. The highest BCUT2D eigenvalue weighted by Gasteiger charge is 2.05. The molecule has 0 saturated carbocycles. The molecular formula is C13H18ClNO3. The van der Waals surface area contributed by atoms with Gasteiger partial charge in [0.05, 0.1) is 13.7 Å². The first-order chi connectivity index (χ1) is 8.67. The van der Waals surface area contributed by atoms with Crippen molar-refractivity contribution in [2.24, 2.45) is 0 Å². The number of carbonyl (C=O) groups is 1. The quantitative estimate of drug-likeness (QED) is 0.563. The molecule has 5 heteroatoms. The second-order valence-electron chi connectivity index (χ2n) is 3.83. The van der Waals surface area contributed by atoms with Crippen LogP contribution in [0.1, 0.15) is 6.42 Å². The Morgan fingerprint density at radius 1 is 1.39 bits per heavy atom. The molecule has 4 nitrogen and oxygen atoms in total. The van der Waals surface area contributed by atoms with Gasteiger partial charge in [-0.15, -0.1) is 11.6 Å². The Balaban J connectivity index is 2.27. The van der Waals surface area contributed by atoms with Crippen molar-refractivity contribution < 1.29 is 14.3 Å². The molecule has 0 saturated heterocycles. The van der Waals surface area contributed by atoms with E-state index in [0.717, 1.165) is 17.9 Å². The van der Waals surface area contributed by atoms with Crippen LogP contribution in [0.4, 0.5) is 0 Å². The maximum atomic E-state index is 11.2. The molecule has 1 amide bonds. The highest BCUT2D eigenvalue weighted by molar-refractivity contribution is 6.27. The first-order valence-corrected chi connectivity index (χ1v) is 6.27. The van der Waals surface area contributed by atoms with Gasteiger partial charge in [-0.3, -0.25) is 4.79 Å². The van der Waals surface area contributed by atoms with E-state index in [1.165, 1.54) is 0 Å². The second-order valence-corrected chi connectivity index (χ2v) is 4.10. The fraction of sp³-hybridized carbons (Fsp3) is 0.462. The molecule has 0 aliphatic heterocycles. The van der Waals surface area contributed by atoms with Crippen LogP contribution in [-0.2, 0) is 4.79 Å². The predicted octanol–water partition coefficient (Wildman–Crippen LogP) is 2.16. The van der Waals surface area contributed by atoms with Gasteiger partial charge in [-0.1, -0.05) is 6.07 Å². The van der Waals surface area contributed by atoms with Gasteiger partial charge in [0.25, 0.3) is 0 Å². The van der Waals surface area contributed by atoms with E-state index >= 15 is 0 Å². The summed E-state index contributed by atoms with van der Waals surface area (Å²) in [7, 11) is 3.35. The zero-order valence-electron chi connectivity index (χ0n) is 10.7. The van der Waals surface area contributed by atoms with Gasteiger partial charge in [-0.2, -0.15) is 0 Å². The maximum Gasteiger partial charge on any atom is 0.237 e. The van der Waals surface area contributed by atoms with E-state index < -0.39 is 0 Å². The van der Waals surface area contributed by atoms with Crippen LogP contribution in [0.3, 0.4) is 0 Å². The van der Waals surface area contributed by atoms with Gasteiger partial charge in [0, 0.05) is 19.7 Å². The van der Waals surface area contributed by atoms with Crippen LogP contribution < -0.4 is 9.47 Å². The molecule has 0 heterocycles. The van der Waals surface area contributed by atoms with E-state index in [2.05, 4.69) is 0 Å². The summed E-state index contributed by atoms with van der Waals surface area (Å²) >= 11 is 5.45. The van der Waals surface area contributed by atoms with Crippen LogP contribution in [0.25, 0.3) is 0 Å². The number of rotatable bonds is 7. The lowest BCUT2D eigenvalue weighted by molar-refractivity contribution is -0.127. The Morgan fingerprint density at radius 2 is 2.11 bits per heavy atom. The molecule has 0 N–H and O–H groups in total. The summed E-state index contributed by atoms with van der Waals surface area (Å²) < 4.78 is 10.7. The predicted molar refractivity (Wildman–Crippen MR) is 71.5 cm³/mol. The van der Waals surface area contributed by atoms with Gasteiger partial charge >= 0.3 is 0 Å². The summed E-state index contributed by atoms with van der Waals surface area (Å²) in [6, 6.07) is 7.43. The van der Waals surface area contributed by atoms with Gasteiger partial charge in [0.1, 0.15) is 17.4 Å². The molecule has 1 aromatic carbocycles. The minimum absolute atomic E-state index is 0.0211. The number of halogens is 1. The third-order valence-corrected chi connectivity index (χ3v) is 2.72. The fourth-order valence-corrected chi connectivity index (χ4v) is 1.61. The normalized spacial score (nSPS) is 9.94. The highest BCUT2D eigenvalue weighted by Crippen LogP contribution is 2.18. The molecule has 1 aromatic rings. The van der Waals surface area contributed by atoms with Crippen molar-refractivity contribution in [1.82, 2.24) is 4.90 Å². The number of ether oxygens (including phenoxy) is 2. The Labute approximate surface area is 112 Å². The molecule has 0 fully saturated rings. The van der Waals surface area contributed by atoms with Gasteiger partial charge in [0.2, 0.25) is 5.91 Å².